The van der Waals surface area contributed by atoms with E-state index >= 15 is 0 Å². The van der Waals surface area contributed by atoms with E-state index in [0.717, 1.165) is 10.6 Å². The van der Waals surface area contributed by atoms with Gasteiger partial charge in [-0.25, -0.2) is 13.2 Å². The molecule has 0 N–H and O–H groups in total. The molecule has 3 rings (SSSR count). The Kier molecular flexibility index (Phi) is 6.84. The van der Waals surface area contributed by atoms with E-state index in [-0.39, 0.29) is 11.7 Å². The summed E-state index contributed by atoms with van der Waals surface area (Å²) in [6.45, 7) is 0.672. The van der Waals surface area contributed by atoms with E-state index in [1.54, 1.807) is 12.0 Å². The van der Waals surface area contributed by atoms with Crippen molar-refractivity contribution in [3.05, 3.63) is 59.4 Å². The molecule has 1 heterocycles. The topological polar surface area (TPSA) is 46.6 Å². The number of ketones is 1. The standard InChI is InChI=1S/C21H20F3NO3S/c1-28-15-2-4-16(5-3-15)29-12-19(26)25-8-6-13(7-9-25)21(27)20-17(23)10-14(22)11-18(20)24/h2-5,10-11,13H,6-9,12H2,1H3. The summed E-state index contributed by atoms with van der Waals surface area (Å²) in [4.78, 5) is 27.5. The quantitative estimate of drug-likeness (QED) is 0.513. The van der Waals surface area contributed by atoms with Crippen LogP contribution in [-0.2, 0) is 4.79 Å². The minimum absolute atomic E-state index is 0.0594. The van der Waals surface area contributed by atoms with Crippen molar-refractivity contribution in [2.45, 2.75) is 17.7 Å². The molecule has 0 bridgehead atoms. The SMILES string of the molecule is COc1ccc(SCC(=O)N2CCC(C(=O)c3c(F)cc(F)cc3F)CC2)cc1. The molecule has 1 amide bonds. The highest BCUT2D eigenvalue weighted by atomic mass is 32.2. The van der Waals surface area contributed by atoms with Crippen molar-refractivity contribution in [3.63, 3.8) is 0 Å². The molecule has 0 unspecified atom stereocenters. The van der Waals surface area contributed by atoms with Crippen LogP contribution in [0.25, 0.3) is 0 Å². The number of piperidine rings is 1. The van der Waals surface area contributed by atoms with Crippen LogP contribution in [0.3, 0.4) is 0 Å². The number of rotatable bonds is 6. The van der Waals surface area contributed by atoms with Crippen LogP contribution in [0.5, 0.6) is 5.75 Å². The second-order valence-electron chi connectivity index (χ2n) is 6.73. The Bertz CT molecular complexity index is 874. The number of carbonyl (C=O) groups is 2. The van der Waals surface area contributed by atoms with Crippen LogP contribution >= 0.6 is 11.8 Å². The average molecular weight is 423 g/mol. The molecule has 0 aliphatic carbocycles. The van der Waals surface area contributed by atoms with Crippen molar-refractivity contribution in [2.24, 2.45) is 5.92 Å². The van der Waals surface area contributed by atoms with Crippen LogP contribution in [0.2, 0.25) is 0 Å². The van der Waals surface area contributed by atoms with Gasteiger partial charge in [0.2, 0.25) is 5.91 Å². The summed E-state index contributed by atoms with van der Waals surface area (Å²) in [5.74, 6) is -3.79. The highest BCUT2D eigenvalue weighted by molar-refractivity contribution is 8.00. The molecule has 0 radical (unpaired) electrons. The maximum absolute atomic E-state index is 13.9. The molecule has 1 saturated heterocycles. The zero-order chi connectivity index (χ0) is 21.0. The fourth-order valence-corrected chi connectivity index (χ4v) is 4.08. The maximum Gasteiger partial charge on any atom is 0.232 e. The smallest absolute Gasteiger partial charge is 0.232 e. The van der Waals surface area contributed by atoms with E-state index in [1.807, 2.05) is 24.3 Å². The van der Waals surface area contributed by atoms with Crippen molar-refractivity contribution in [3.8, 4) is 5.75 Å². The van der Waals surface area contributed by atoms with Crippen LogP contribution in [0, 0.1) is 23.4 Å². The summed E-state index contributed by atoms with van der Waals surface area (Å²) in [5, 5.41) is 0. The summed E-state index contributed by atoms with van der Waals surface area (Å²) in [6, 6.07) is 8.38. The molecule has 4 nitrogen and oxygen atoms in total. The Labute approximate surface area is 171 Å². The van der Waals surface area contributed by atoms with E-state index in [1.165, 1.54) is 11.8 Å². The first-order valence-corrected chi connectivity index (χ1v) is 10.1. The van der Waals surface area contributed by atoms with Gasteiger partial charge in [-0.15, -0.1) is 11.8 Å². The van der Waals surface area contributed by atoms with Crippen molar-refractivity contribution in [2.75, 3.05) is 26.0 Å². The molecular formula is C21H20F3NO3S. The van der Waals surface area contributed by atoms with Gasteiger partial charge in [0.15, 0.2) is 5.78 Å². The van der Waals surface area contributed by atoms with Gasteiger partial charge in [-0.05, 0) is 37.1 Å². The Morgan fingerprint density at radius 2 is 1.66 bits per heavy atom. The van der Waals surface area contributed by atoms with Gasteiger partial charge >= 0.3 is 0 Å². The second kappa shape index (κ2) is 9.35. The Morgan fingerprint density at radius 1 is 1.07 bits per heavy atom. The van der Waals surface area contributed by atoms with Gasteiger partial charge in [-0.2, -0.15) is 0 Å². The van der Waals surface area contributed by atoms with Crippen LogP contribution in [0.15, 0.2) is 41.3 Å². The normalized spacial score (nSPS) is 14.7. The molecule has 0 saturated carbocycles. The third-order valence-electron chi connectivity index (χ3n) is 4.89. The molecule has 0 spiro atoms. The van der Waals surface area contributed by atoms with Crippen LogP contribution < -0.4 is 4.74 Å². The minimum atomic E-state index is -1.19. The highest BCUT2D eigenvalue weighted by Gasteiger charge is 2.31. The number of hydrogen-bond donors (Lipinski definition) is 0. The number of amides is 1. The lowest BCUT2D eigenvalue weighted by Crippen LogP contribution is -2.41. The summed E-state index contributed by atoms with van der Waals surface area (Å²) < 4.78 is 45.8. The molecule has 0 aromatic heterocycles. The fourth-order valence-electron chi connectivity index (χ4n) is 3.28. The zero-order valence-corrected chi connectivity index (χ0v) is 16.6. The third kappa shape index (κ3) is 5.12. The van der Waals surface area contributed by atoms with Gasteiger partial charge in [0, 0.05) is 36.0 Å². The summed E-state index contributed by atoms with van der Waals surface area (Å²) in [6.07, 6.45) is 0.627. The summed E-state index contributed by atoms with van der Waals surface area (Å²) >= 11 is 1.40. The Balaban J connectivity index is 1.53. The minimum Gasteiger partial charge on any atom is -0.497 e. The lowest BCUT2D eigenvalue weighted by molar-refractivity contribution is -0.129. The molecule has 1 aliphatic heterocycles. The number of Topliss-reactive ketones (excluding diaryl/α,β-unsaturated/α-hetero) is 1. The van der Waals surface area contributed by atoms with Gasteiger partial charge in [0.1, 0.15) is 23.2 Å². The number of likely N-dealkylation sites (tertiary alicyclic amines) is 1. The molecule has 1 fully saturated rings. The molecule has 154 valence electrons. The fraction of sp³-hybridized carbons (Fsp3) is 0.333. The van der Waals surface area contributed by atoms with Crippen LogP contribution in [0.1, 0.15) is 23.2 Å². The first kappa shape index (κ1) is 21.2. The maximum atomic E-state index is 13.9. The molecule has 2 aromatic carbocycles. The lowest BCUT2D eigenvalue weighted by Gasteiger charge is -2.31. The number of benzene rings is 2. The number of nitrogens with zero attached hydrogens (tertiary/aromatic N) is 1. The first-order chi connectivity index (χ1) is 13.9. The molecule has 0 atom stereocenters. The number of hydrogen-bond acceptors (Lipinski definition) is 4. The van der Waals surface area contributed by atoms with Gasteiger partial charge in [0.25, 0.3) is 0 Å². The van der Waals surface area contributed by atoms with E-state index in [0.29, 0.717) is 38.1 Å². The van der Waals surface area contributed by atoms with Crippen molar-refractivity contribution in [1.29, 1.82) is 0 Å². The number of thioether (sulfide) groups is 1. The molecule has 2 aromatic rings. The van der Waals surface area contributed by atoms with Crippen LogP contribution in [0.4, 0.5) is 13.2 Å². The van der Waals surface area contributed by atoms with E-state index in [9.17, 15) is 22.8 Å². The third-order valence-corrected chi connectivity index (χ3v) is 5.89. The van der Waals surface area contributed by atoms with Crippen molar-refractivity contribution >= 4 is 23.5 Å². The predicted molar refractivity (Wildman–Crippen MR) is 104 cm³/mol. The monoisotopic (exact) mass is 423 g/mol. The molecule has 29 heavy (non-hydrogen) atoms. The number of methoxy groups -OCH3 is 1. The summed E-state index contributed by atoms with van der Waals surface area (Å²) in [7, 11) is 1.58. The first-order valence-electron chi connectivity index (χ1n) is 9.12. The molecular weight excluding hydrogens is 403 g/mol. The summed E-state index contributed by atoms with van der Waals surface area (Å²) in [5.41, 5.74) is -0.703. The Hall–Kier alpha value is -2.48. The van der Waals surface area contributed by atoms with Gasteiger partial charge in [-0.3, -0.25) is 9.59 Å². The van der Waals surface area contributed by atoms with Gasteiger partial charge in [-0.1, -0.05) is 0 Å². The molecule has 8 heteroatoms. The van der Waals surface area contributed by atoms with Gasteiger partial charge in [0.05, 0.1) is 18.4 Å². The number of halogens is 3. The largest absolute Gasteiger partial charge is 0.497 e. The van der Waals surface area contributed by atoms with Crippen molar-refractivity contribution in [1.82, 2.24) is 4.90 Å². The Morgan fingerprint density at radius 3 is 2.21 bits per heavy atom. The zero-order valence-electron chi connectivity index (χ0n) is 15.8. The van der Waals surface area contributed by atoms with E-state index in [4.69, 9.17) is 4.74 Å². The second-order valence-corrected chi connectivity index (χ2v) is 7.78. The van der Waals surface area contributed by atoms with Crippen LogP contribution in [-0.4, -0.2) is 42.5 Å². The van der Waals surface area contributed by atoms with E-state index < -0.39 is 34.7 Å². The number of ether oxygens (including phenoxy) is 1. The average Bonchev–Trinajstić information content (AvgIpc) is 2.71. The van der Waals surface area contributed by atoms with Gasteiger partial charge < -0.3 is 9.64 Å². The predicted octanol–water partition coefficient (Wildman–Crippen LogP) is 4.33. The van der Waals surface area contributed by atoms with Crippen molar-refractivity contribution < 1.29 is 27.5 Å². The highest BCUT2D eigenvalue weighted by Crippen LogP contribution is 2.27. The number of carbonyl (C=O) groups excluding carboxylic acids is 2. The van der Waals surface area contributed by atoms with E-state index in [2.05, 4.69) is 0 Å². The molecule has 1 aliphatic rings. The lowest BCUT2D eigenvalue weighted by atomic mass is 9.88.